The lowest BCUT2D eigenvalue weighted by Gasteiger charge is -2.28. The number of hydrogen-bond acceptors (Lipinski definition) is 4. The van der Waals surface area contributed by atoms with Crippen LogP contribution in [0.3, 0.4) is 0 Å². The minimum Gasteiger partial charge on any atom is -0.330 e. The molecule has 1 aliphatic rings. The molecule has 1 heterocycles. The Balaban J connectivity index is 1.99. The predicted octanol–water partition coefficient (Wildman–Crippen LogP) is 1.34. The topological polar surface area (TPSA) is 55.0 Å². The van der Waals surface area contributed by atoms with E-state index in [-0.39, 0.29) is 0 Å². The maximum Gasteiger partial charge on any atom is 0.125 e. The highest BCUT2D eigenvalue weighted by molar-refractivity contribution is 5.02. The maximum absolute atomic E-state index is 5.83. The molecule has 0 spiro atoms. The molecule has 1 fully saturated rings. The summed E-state index contributed by atoms with van der Waals surface area (Å²) in [7, 11) is 2.18. The van der Waals surface area contributed by atoms with Crippen LogP contribution in [0.25, 0.3) is 0 Å². The second-order valence-corrected chi connectivity index (χ2v) is 5.00. The summed E-state index contributed by atoms with van der Waals surface area (Å²) in [5.41, 5.74) is 6.93. The third-order valence-electron chi connectivity index (χ3n) is 3.73. The highest BCUT2D eigenvalue weighted by Crippen LogP contribution is 2.29. The lowest BCUT2D eigenvalue weighted by atomic mass is 10.0. The molecule has 0 bridgehead atoms. The van der Waals surface area contributed by atoms with Gasteiger partial charge < -0.3 is 5.73 Å². The molecule has 2 atom stereocenters. The smallest absolute Gasteiger partial charge is 0.125 e. The first-order chi connectivity index (χ1) is 8.20. The van der Waals surface area contributed by atoms with Crippen molar-refractivity contribution in [1.29, 1.82) is 0 Å². The average molecular weight is 234 g/mol. The Bertz CT molecular complexity index is 366. The first-order valence-electron chi connectivity index (χ1n) is 6.39. The Kier molecular flexibility index (Phi) is 4.07. The van der Waals surface area contributed by atoms with Crippen LogP contribution in [-0.4, -0.2) is 34.5 Å². The number of rotatable bonds is 4. The number of aromatic nitrogens is 2. The molecule has 2 N–H and O–H groups in total. The van der Waals surface area contributed by atoms with E-state index in [0.717, 1.165) is 24.6 Å². The molecular formula is C13H22N4. The van der Waals surface area contributed by atoms with E-state index in [4.69, 9.17) is 5.73 Å². The van der Waals surface area contributed by atoms with Gasteiger partial charge in [-0.2, -0.15) is 0 Å². The molecule has 94 valence electrons. The Hall–Kier alpha value is -1.00. The van der Waals surface area contributed by atoms with E-state index >= 15 is 0 Å². The van der Waals surface area contributed by atoms with Gasteiger partial charge in [-0.25, -0.2) is 9.97 Å². The lowest BCUT2D eigenvalue weighted by molar-refractivity contribution is 0.190. The quantitative estimate of drug-likeness (QED) is 0.854. The van der Waals surface area contributed by atoms with Crippen LogP contribution < -0.4 is 5.73 Å². The van der Waals surface area contributed by atoms with Crippen molar-refractivity contribution in [1.82, 2.24) is 14.9 Å². The molecule has 1 aliphatic carbocycles. The van der Waals surface area contributed by atoms with E-state index in [2.05, 4.69) is 21.9 Å². The minimum atomic E-state index is 0.621. The molecule has 0 aromatic carbocycles. The summed E-state index contributed by atoms with van der Waals surface area (Å²) in [5.74, 6) is 1.50. The standard InChI is InChI=1S/C13H22N4/c1-10-15-7-6-12(16-10)9-17(2)13-5-3-4-11(13)8-14/h6-7,11,13H,3-5,8-9,14H2,1-2H3. The molecule has 0 saturated heterocycles. The summed E-state index contributed by atoms with van der Waals surface area (Å²) in [6.45, 7) is 3.63. The molecule has 17 heavy (non-hydrogen) atoms. The van der Waals surface area contributed by atoms with Gasteiger partial charge in [0.2, 0.25) is 0 Å². The van der Waals surface area contributed by atoms with E-state index in [1.807, 2.05) is 19.2 Å². The Morgan fingerprint density at radius 1 is 1.47 bits per heavy atom. The summed E-state index contributed by atoms with van der Waals surface area (Å²) >= 11 is 0. The summed E-state index contributed by atoms with van der Waals surface area (Å²) in [4.78, 5) is 11.0. The number of hydrogen-bond donors (Lipinski definition) is 1. The summed E-state index contributed by atoms with van der Waals surface area (Å²) in [6, 6.07) is 2.62. The average Bonchev–Trinajstić information content (AvgIpc) is 2.77. The lowest BCUT2D eigenvalue weighted by Crippen LogP contribution is -2.37. The van der Waals surface area contributed by atoms with Crippen LogP contribution >= 0.6 is 0 Å². The van der Waals surface area contributed by atoms with Gasteiger partial charge in [0.1, 0.15) is 5.82 Å². The van der Waals surface area contributed by atoms with Gasteiger partial charge in [0.25, 0.3) is 0 Å². The summed E-state index contributed by atoms with van der Waals surface area (Å²) in [6.07, 6.45) is 5.68. The van der Waals surface area contributed by atoms with Gasteiger partial charge in [-0.1, -0.05) is 6.42 Å². The zero-order valence-corrected chi connectivity index (χ0v) is 10.8. The van der Waals surface area contributed by atoms with Crippen molar-refractivity contribution in [2.75, 3.05) is 13.6 Å². The number of aryl methyl sites for hydroxylation is 1. The third kappa shape index (κ3) is 3.01. The Morgan fingerprint density at radius 3 is 3.00 bits per heavy atom. The summed E-state index contributed by atoms with van der Waals surface area (Å²) in [5, 5.41) is 0. The van der Waals surface area contributed by atoms with Crippen LogP contribution in [0.2, 0.25) is 0 Å². The van der Waals surface area contributed by atoms with Crippen molar-refractivity contribution in [3.8, 4) is 0 Å². The Labute approximate surface area is 103 Å². The molecule has 1 saturated carbocycles. The van der Waals surface area contributed by atoms with Gasteiger partial charge in [0.05, 0.1) is 5.69 Å². The fourth-order valence-electron chi connectivity index (χ4n) is 2.84. The molecule has 4 nitrogen and oxygen atoms in total. The van der Waals surface area contributed by atoms with Crippen LogP contribution in [0, 0.1) is 12.8 Å². The number of nitrogens with two attached hydrogens (primary N) is 1. The van der Waals surface area contributed by atoms with Crippen LogP contribution in [0.15, 0.2) is 12.3 Å². The molecule has 2 rings (SSSR count). The van der Waals surface area contributed by atoms with Crippen LogP contribution in [0.4, 0.5) is 0 Å². The predicted molar refractivity (Wildman–Crippen MR) is 68.4 cm³/mol. The molecule has 0 aliphatic heterocycles. The highest BCUT2D eigenvalue weighted by Gasteiger charge is 2.29. The second kappa shape index (κ2) is 5.56. The van der Waals surface area contributed by atoms with E-state index < -0.39 is 0 Å². The van der Waals surface area contributed by atoms with Crippen LogP contribution in [-0.2, 0) is 6.54 Å². The van der Waals surface area contributed by atoms with Crippen molar-refractivity contribution in [2.24, 2.45) is 11.7 Å². The van der Waals surface area contributed by atoms with Crippen LogP contribution in [0.1, 0.15) is 30.8 Å². The van der Waals surface area contributed by atoms with E-state index in [9.17, 15) is 0 Å². The first kappa shape index (κ1) is 12.5. The molecule has 0 amide bonds. The largest absolute Gasteiger partial charge is 0.330 e. The molecule has 4 heteroatoms. The van der Waals surface area contributed by atoms with Gasteiger partial charge >= 0.3 is 0 Å². The van der Waals surface area contributed by atoms with E-state index in [1.165, 1.54) is 19.3 Å². The fourth-order valence-corrected chi connectivity index (χ4v) is 2.84. The van der Waals surface area contributed by atoms with Crippen molar-refractivity contribution >= 4 is 0 Å². The zero-order valence-electron chi connectivity index (χ0n) is 10.8. The first-order valence-corrected chi connectivity index (χ1v) is 6.39. The molecule has 2 unspecified atom stereocenters. The summed E-state index contributed by atoms with van der Waals surface area (Å²) < 4.78 is 0. The Morgan fingerprint density at radius 2 is 2.29 bits per heavy atom. The normalized spacial score (nSPS) is 24.5. The van der Waals surface area contributed by atoms with Gasteiger partial charge in [-0.3, -0.25) is 4.90 Å². The minimum absolute atomic E-state index is 0.621. The van der Waals surface area contributed by atoms with Crippen molar-refractivity contribution in [3.05, 3.63) is 23.8 Å². The van der Waals surface area contributed by atoms with Gasteiger partial charge in [0.15, 0.2) is 0 Å². The molecular weight excluding hydrogens is 212 g/mol. The highest BCUT2D eigenvalue weighted by atomic mass is 15.1. The maximum atomic E-state index is 5.83. The third-order valence-corrected chi connectivity index (χ3v) is 3.73. The van der Waals surface area contributed by atoms with Gasteiger partial charge in [0, 0.05) is 18.8 Å². The van der Waals surface area contributed by atoms with Crippen LogP contribution in [0.5, 0.6) is 0 Å². The molecule has 0 radical (unpaired) electrons. The fraction of sp³-hybridized carbons (Fsp3) is 0.692. The SMILES string of the molecule is Cc1nccc(CN(C)C2CCCC2CN)n1. The van der Waals surface area contributed by atoms with Crippen molar-refractivity contribution in [3.63, 3.8) is 0 Å². The van der Waals surface area contributed by atoms with E-state index in [0.29, 0.717) is 12.0 Å². The molecule has 1 aromatic heterocycles. The van der Waals surface area contributed by atoms with Gasteiger partial charge in [-0.15, -0.1) is 0 Å². The molecule has 1 aromatic rings. The monoisotopic (exact) mass is 234 g/mol. The number of nitrogens with zero attached hydrogens (tertiary/aromatic N) is 3. The van der Waals surface area contributed by atoms with Crippen molar-refractivity contribution < 1.29 is 0 Å². The van der Waals surface area contributed by atoms with Crippen molar-refractivity contribution in [2.45, 2.75) is 38.8 Å². The van der Waals surface area contributed by atoms with E-state index in [1.54, 1.807) is 0 Å². The second-order valence-electron chi connectivity index (χ2n) is 5.00. The van der Waals surface area contributed by atoms with Gasteiger partial charge in [-0.05, 0) is 45.3 Å². The zero-order chi connectivity index (χ0) is 12.3.